The number of carbonyl (C=O) groups is 1. The Morgan fingerprint density at radius 1 is 1.21 bits per heavy atom. The first-order valence-electron chi connectivity index (χ1n) is 4.84. The van der Waals surface area contributed by atoms with Crippen molar-refractivity contribution in [1.29, 1.82) is 0 Å². The highest BCUT2D eigenvalue weighted by molar-refractivity contribution is 6.02. The molecule has 1 aromatic carbocycles. The summed E-state index contributed by atoms with van der Waals surface area (Å²) in [5.41, 5.74) is 9.30. The lowest BCUT2D eigenvalue weighted by Crippen LogP contribution is -2.11. The van der Waals surface area contributed by atoms with Crippen molar-refractivity contribution in [2.24, 2.45) is 5.92 Å². The number of anilines is 1. The Hall–Kier alpha value is -1.31. The van der Waals surface area contributed by atoms with Crippen LogP contribution in [0.3, 0.4) is 0 Å². The molecule has 0 fully saturated rings. The SMILES string of the molecule is Cc1cc(N)c(C(=O)C(C)C)cc1C. The number of benzene rings is 1. The number of hydrogen-bond donors (Lipinski definition) is 1. The normalized spacial score (nSPS) is 10.6. The standard InChI is InChI=1S/C12H17NO/c1-7(2)12(14)10-5-8(3)9(4)6-11(10)13/h5-7H,13H2,1-4H3. The van der Waals surface area contributed by atoms with Gasteiger partial charge in [0, 0.05) is 17.2 Å². The second-order valence-electron chi connectivity index (χ2n) is 4.04. The van der Waals surface area contributed by atoms with Gasteiger partial charge >= 0.3 is 0 Å². The predicted molar refractivity (Wildman–Crippen MR) is 59.5 cm³/mol. The largest absolute Gasteiger partial charge is 0.398 e. The third-order valence-corrected chi connectivity index (χ3v) is 2.46. The number of nitrogens with two attached hydrogens (primary N) is 1. The van der Waals surface area contributed by atoms with Gasteiger partial charge in [0.05, 0.1) is 0 Å². The Bertz CT molecular complexity index is 367. The molecule has 0 amide bonds. The number of ketones is 1. The Morgan fingerprint density at radius 2 is 1.71 bits per heavy atom. The summed E-state index contributed by atoms with van der Waals surface area (Å²) in [7, 11) is 0. The van der Waals surface area contributed by atoms with Gasteiger partial charge in [-0.15, -0.1) is 0 Å². The fourth-order valence-electron chi connectivity index (χ4n) is 1.36. The summed E-state index contributed by atoms with van der Waals surface area (Å²) >= 11 is 0. The number of Topliss-reactive ketones (excluding diaryl/α,β-unsaturated/α-hetero) is 1. The van der Waals surface area contributed by atoms with Crippen LogP contribution in [0.5, 0.6) is 0 Å². The van der Waals surface area contributed by atoms with Crippen LogP contribution < -0.4 is 5.73 Å². The predicted octanol–water partition coefficient (Wildman–Crippen LogP) is 2.72. The monoisotopic (exact) mass is 191 g/mol. The number of carbonyl (C=O) groups excluding carboxylic acids is 1. The molecule has 14 heavy (non-hydrogen) atoms. The molecule has 0 heterocycles. The van der Waals surface area contributed by atoms with E-state index in [0.29, 0.717) is 11.3 Å². The fourth-order valence-corrected chi connectivity index (χ4v) is 1.36. The van der Waals surface area contributed by atoms with Crippen LogP contribution in [0.2, 0.25) is 0 Å². The molecule has 2 nitrogen and oxygen atoms in total. The molecule has 1 aromatic rings. The molecule has 0 radical (unpaired) electrons. The zero-order valence-electron chi connectivity index (χ0n) is 9.22. The number of aryl methyl sites for hydroxylation is 2. The minimum atomic E-state index is -0.000550. The second kappa shape index (κ2) is 3.82. The topological polar surface area (TPSA) is 43.1 Å². The van der Waals surface area contributed by atoms with Crippen molar-refractivity contribution < 1.29 is 4.79 Å². The van der Waals surface area contributed by atoms with Gasteiger partial charge in [0.25, 0.3) is 0 Å². The van der Waals surface area contributed by atoms with E-state index in [1.165, 1.54) is 0 Å². The van der Waals surface area contributed by atoms with Crippen molar-refractivity contribution in [2.75, 3.05) is 5.73 Å². The van der Waals surface area contributed by atoms with Gasteiger partial charge in [0.15, 0.2) is 5.78 Å². The molecule has 0 bridgehead atoms. The van der Waals surface area contributed by atoms with E-state index in [1.54, 1.807) is 0 Å². The number of hydrogen-bond acceptors (Lipinski definition) is 2. The fraction of sp³-hybridized carbons (Fsp3) is 0.417. The number of rotatable bonds is 2. The lowest BCUT2D eigenvalue weighted by molar-refractivity contribution is 0.0940. The zero-order valence-corrected chi connectivity index (χ0v) is 9.22. The average molecular weight is 191 g/mol. The summed E-state index contributed by atoms with van der Waals surface area (Å²) < 4.78 is 0. The van der Waals surface area contributed by atoms with E-state index >= 15 is 0 Å². The van der Waals surface area contributed by atoms with Crippen molar-refractivity contribution in [2.45, 2.75) is 27.7 Å². The maximum atomic E-state index is 11.7. The van der Waals surface area contributed by atoms with E-state index in [9.17, 15) is 4.79 Å². The van der Waals surface area contributed by atoms with Gasteiger partial charge in [-0.25, -0.2) is 0 Å². The Labute approximate surface area is 85.1 Å². The highest BCUT2D eigenvalue weighted by Gasteiger charge is 2.14. The molecule has 0 saturated carbocycles. The lowest BCUT2D eigenvalue weighted by atomic mass is 9.96. The summed E-state index contributed by atoms with van der Waals surface area (Å²) in [5.74, 6) is 0.116. The van der Waals surface area contributed by atoms with Gasteiger partial charge in [-0.05, 0) is 37.1 Å². The van der Waals surface area contributed by atoms with Crippen LogP contribution in [0, 0.1) is 19.8 Å². The lowest BCUT2D eigenvalue weighted by Gasteiger charge is -2.10. The third kappa shape index (κ3) is 1.95. The summed E-state index contributed by atoms with van der Waals surface area (Å²) in [6.45, 7) is 7.76. The molecule has 2 N–H and O–H groups in total. The minimum Gasteiger partial charge on any atom is -0.398 e. The first kappa shape index (κ1) is 10.8. The smallest absolute Gasteiger partial charge is 0.167 e. The van der Waals surface area contributed by atoms with E-state index in [1.807, 2.05) is 39.8 Å². The molecule has 2 heteroatoms. The number of nitrogen functional groups attached to an aromatic ring is 1. The van der Waals surface area contributed by atoms with Gasteiger partial charge in [0.1, 0.15) is 0 Å². The van der Waals surface area contributed by atoms with Crippen molar-refractivity contribution in [3.63, 3.8) is 0 Å². The highest BCUT2D eigenvalue weighted by atomic mass is 16.1. The van der Waals surface area contributed by atoms with E-state index in [0.717, 1.165) is 11.1 Å². The van der Waals surface area contributed by atoms with Gasteiger partial charge in [-0.2, -0.15) is 0 Å². The molecule has 0 aliphatic heterocycles. The molecule has 0 atom stereocenters. The average Bonchev–Trinajstić information content (AvgIpc) is 2.10. The summed E-state index contributed by atoms with van der Waals surface area (Å²) in [5, 5.41) is 0. The van der Waals surface area contributed by atoms with Crippen LogP contribution in [0.1, 0.15) is 35.3 Å². The first-order chi connectivity index (χ1) is 6.43. The zero-order chi connectivity index (χ0) is 10.9. The molecule has 0 unspecified atom stereocenters. The van der Waals surface area contributed by atoms with Crippen molar-refractivity contribution in [1.82, 2.24) is 0 Å². The van der Waals surface area contributed by atoms with E-state index in [4.69, 9.17) is 5.73 Å². The van der Waals surface area contributed by atoms with Crippen molar-refractivity contribution in [3.05, 3.63) is 28.8 Å². The van der Waals surface area contributed by atoms with Crippen molar-refractivity contribution >= 4 is 11.5 Å². The molecular formula is C12H17NO. The molecule has 76 valence electrons. The third-order valence-electron chi connectivity index (χ3n) is 2.46. The molecule has 1 rings (SSSR count). The molecule has 0 saturated heterocycles. The van der Waals surface area contributed by atoms with Crippen LogP contribution in [-0.4, -0.2) is 5.78 Å². The molecular weight excluding hydrogens is 174 g/mol. The van der Waals surface area contributed by atoms with Crippen LogP contribution in [-0.2, 0) is 0 Å². The molecule has 0 aliphatic rings. The maximum absolute atomic E-state index is 11.7. The van der Waals surface area contributed by atoms with E-state index < -0.39 is 0 Å². The molecule has 0 aromatic heterocycles. The highest BCUT2D eigenvalue weighted by Crippen LogP contribution is 2.20. The van der Waals surface area contributed by atoms with Crippen LogP contribution in [0.4, 0.5) is 5.69 Å². The van der Waals surface area contributed by atoms with Crippen LogP contribution >= 0.6 is 0 Å². The van der Waals surface area contributed by atoms with Gasteiger partial charge < -0.3 is 5.73 Å². The summed E-state index contributed by atoms with van der Waals surface area (Å²) in [6, 6.07) is 3.75. The maximum Gasteiger partial charge on any atom is 0.167 e. The van der Waals surface area contributed by atoms with E-state index in [-0.39, 0.29) is 11.7 Å². The van der Waals surface area contributed by atoms with Gasteiger partial charge in [-0.1, -0.05) is 13.8 Å². The first-order valence-corrected chi connectivity index (χ1v) is 4.84. The second-order valence-corrected chi connectivity index (χ2v) is 4.04. The van der Waals surface area contributed by atoms with Crippen LogP contribution in [0.25, 0.3) is 0 Å². The Morgan fingerprint density at radius 3 is 2.21 bits per heavy atom. The molecule has 0 spiro atoms. The minimum absolute atomic E-state index is 0.000550. The Balaban J connectivity index is 3.22. The molecule has 0 aliphatic carbocycles. The van der Waals surface area contributed by atoms with Gasteiger partial charge in [0.2, 0.25) is 0 Å². The van der Waals surface area contributed by atoms with Gasteiger partial charge in [-0.3, -0.25) is 4.79 Å². The van der Waals surface area contributed by atoms with E-state index in [2.05, 4.69) is 0 Å². The summed E-state index contributed by atoms with van der Waals surface area (Å²) in [4.78, 5) is 11.7. The van der Waals surface area contributed by atoms with Crippen LogP contribution in [0.15, 0.2) is 12.1 Å². The van der Waals surface area contributed by atoms with Crippen molar-refractivity contribution in [3.8, 4) is 0 Å². The summed E-state index contributed by atoms with van der Waals surface area (Å²) in [6.07, 6.45) is 0. The Kier molecular flexibility index (Phi) is 2.94. The quantitative estimate of drug-likeness (QED) is 0.577.